The summed E-state index contributed by atoms with van der Waals surface area (Å²) in [6.07, 6.45) is 2.01. The molecule has 2 unspecified atom stereocenters. The summed E-state index contributed by atoms with van der Waals surface area (Å²) in [5.74, 6) is 1.04. The second kappa shape index (κ2) is 3.48. The highest BCUT2D eigenvalue weighted by Crippen LogP contribution is 2.29. The molecule has 15 heavy (non-hydrogen) atoms. The van der Waals surface area contributed by atoms with Crippen molar-refractivity contribution >= 4 is 0 Å². The third-order valence-corrected chi connectivity index (χ3v) is 3.05. The van der Waals surface area contributed by atoms with Crippen LogP contribution in [0.4, 0.5) is 0 Å². The summed E-state index contributed by atoms with van der Waals surface area (Å²) in [4.78, 5) is 0. The topological polar surface area (TPSA) is 59.3 Å². The number of benzene rings is 1. The molecule has 2 aliphatic heterocycles. The molecule has 0 saturated carbocycles. The van der Waals surface area contributed by atoms with Crippen LogP contribution in [-0.2, 0) is 6.42 Å². The highest BCUT2D eigenvalue weighted by Gasteiger charge is 2.23. The minimum Gasteiger partial charge on any atom is -0.493 e. The first-order chi connectivity index (χ1) is 7.33. The van der Waals surface area contributed by atoms with Gasteiger partial charge in [0.2, 0.25) is 0 Å². The molecule has 3 rings (SSSR count). The summed E-state index contributed by atoms with van der Waals surface area (Å²) < 4.78 is 5.48. The van der Waals surface area contributed by atoms with Gasteiger partial charge in [0, 0.05) is 12.5 Å². The number of nitrogens with two attached hydrogens (primary N) is 1. The number of ether oxygens (including phenoxy) is 1. The molecule has 0 spiro atoms. The van der Waals surface area contributed by atoms with Crippen LogP contribution in [0.15, 0.2) is 18.2 Å². The van der Waals surface area contributed by atoms with E-state index in [-0.39, 0.29) is 6.17 Å². The second-order valence-electron chi connectivity index (χ2n) is 4.15. The molecule has 0 amide bonds. The van der Waals surface area contributed by atoms with E-state index in [4.69, 9.17) is 10.5 Å². The summed E-state index contributed by atoms with van der Waals surface area (Å²) in [5.41, 5.74) is 14.6. The van der Waals surface area contributed by atoms with Gasteiger partial charge in [-0.25, -0.2) is 10.9 Å². The maximum Gasteiger partial charge on any atom is 0.122 e. The van der Waals surface area contributed by atoms with E-state index in [0.29, 0.717) is 6.04 Å². The third kappa shape index (κ3) is 1.61. The van der Waals surface area contributed by atoms with Crippen LogP contribution >= 0.6 is 0 Å². The first-order valence-electron chi connectivity index (χ1n) is 5.35. The summed E-state index contributed by atoms with van der Waals surface area (Å²) in [5, 5.41) is 0. The predicted octanol–water partition coefficient (Wildman–Crippen LogP) is 0.445. The Hall–Kier alpha value is -1.10. The van der Waals surface area contributed by atoms with E-state index in [1.807, 2.05) is 0 Å². The van der Waals surface area contributed by atoms with Crippen molar-refractivity contribution in [3.8, 4) is 5.75 Å². The van der Waals surface area contributed by atoms with Crippen LogP contribution in [0.5, 0.6) is 5.75 Å². The number of hydrazine groups is 1. The number of rotatable bonds is 1. The van der Waals surface area contributed by atoms with E-state index >= 15 is 0 Å². The average molecular weight is 205 g/mol. The lowest BCUT2D eigenvalue weighted by molar-refractivity contribution is 0.356. The SMILES string of the molecule is NC1CC(c2ccc3c(c2)CCO3)NN1. The average Bonchev–Trinajstić information content (AvgIpc) is 2.84. The summed E-state index contributed by atoms with van der Waals surface area (Å²) in [6, 6.07) is 6.72. The Labute approximate surface area is 88.8 Å². The Morgan fingerprint density at radius 3 is 3.07 bits per heavy atom. The van der Waals surface area contributed by atoms with Gasteiger partial charge in [0.1, 0.15) is 5.75 Å². The van der Waals surface area contributed by atoms with Gasteiger partial charge in [-0.1, -0.05) is 12.1 Å². The quantitative estimate of drug-likeness (QED) is 0.623. The summed E-state index contributed by atoms with van der Waals surface area (Å²) >= 11 is 0. The first-order valence-corrected chi connectivity index (χ1v) is 5.35. The smallest absolute Gasteiger partial charge is 0.122 e. The van der Waals surface area contributed by atoms with E-state index in [0.717, 1.165) is 25.2 Å². The first kappa shape index (κ1) is 9.15. The lowest BCUT2D eigenvalue weighted by Gasteiger charge is -2.10. The Morgan fingerprint density at radius 2 is 2.27 bits per heavy atom. The fraction of sp³-hybridized carbons (Fsp3) is 0.455. The summed E-state index contributed by atoms with van der Waals surface area (Å²) in [6.45, 7) is 0.814. The highest BCUT2D eigenvalue weighted by molar-refractivity contribution is 5.40. The molecule has 1 aromatic rings. The zero-order valence-electron chi connectivity index (χ0n) is 8.49. The summed E-state index contributed by atoms with van der Waals surface area (Å²) in [7, 11) is 0. The van der Waals surface area contributed by atoms with Gasteiger partial charge < -0.3 is 10.5 Å². The van der Waals surface area contributed by atoms with E-state index in [1.165, 1.54) is 11.1 Å². The van der Waals surface area contributed by atoms with Crippen LogP contribution in [0.3, 0.4) is 0 Å². The van der Waals surface area contributed by atoms with Crippen molar-refractivity contribution in [2.24, 2.45) is 5.73 Å². The van der Waals surface area contributed by atoms with E-state index in [1.54, 1.807) is 0 Å². The monoisotopic (exact) mass is 205 g/mol. The van der Waals surface area contributed by atoms with Gasteiger partial charge in [-0.15, -0.1) is 0 Å². The molecule has 0 bridgehead atoms. The lowest BCUT2D eigenvalue weighted by atomic mass is 10.0. The molecular weight excluding hydrogens is 190 g/mol. The molecule has 0 radical (unpaired) electrons. The normalized spacial score (nSPS) is 28.9. The van der Waals surface area contributed by atoms with Crippen molar-refractivity contribution in [1.29, 1.82) is 0 Å². The molecule has 1 aromatic carbocycles. The van der Waals surface area contributed by atoms with Crippen LogP contribution in [0.1, 0.15) is 23.6 Å². The maximum absolute atomic E-state index is 5.78. The molecule has 80 valence electrons. The molecule has 1 fully saturated rings. The highest BCUT2D eigenvalue weighted by atomic mass is 16.5. The third-order valence-electron chi connectivity index (χ3n) is 3.05. The van der Waals surface area contributed by atoms with Gasteiger partial charge in [0.05, 0.1) is 12.8 Å². The van der Waals surface area contributed by atoms with Crippen molar-refractivity contribution in [2.75, 3.05) is 6.61 Å². The Morgan fingerprint density at radius 1 is 1.33 bits per heavy atom. The van der Waals surface area contributed by atoms with Gasteiger partial charge in [-0.2, -0.15) is 0 Å². The van der Waals surface area contributed by atoms with Gasteiger partial charge in [-0.3, -0.25) is 0 Å². The van der Waals surface area contributed by atoms with Gasteiger partial charge >= 0.3 is 0 Å². The molecule has 0 aliphatic carbocycles. The molecule has 4 heteroatoms. The molecule has 1 saturated heterocycles. The number of hydrogen-bond acceptors (Lipinski definition) is 4. The van der Waals surface area contributed by atoms with Gasteiger partial charge in [-0.05, 0) is 23.6 Å². The van der Waals surface area contributed by atoms with E-state index in [2.05, 4.69) is 29.1 Å². The fourth-order valence-electron chi connectivity index (χ4n) is 2.22. The standard InChI is InChI=1S/C11H15N3O/c12-11-6-9(13-14-11)7-1-2-10-8(5-7)3-4-15-10/h1-2,5,9,11,13-14H,3-4,6,12H2. The fourth-order valence-corrected chi connectivity index (χ4v) is 2.22. The molecule has 4 N–H and O–H groups in total. The lowest BCUT2D eigenvalue weighted by Crippen LogP contribution is -2.36. The van der Waals surface area contributed by atoms with Crippen LogP contribution in [0.2, 0.25) is 0 Å². The van der Waals surface area contributed by atoms with Crippen LogP contribution in [0, 0.1) is 0 Å². The molecular formula is C11H15N3O. The number of hydrogen-bond donors (Lipinski definition) is 3. The van der Waals surface area contributed by atoms with Crippen LogP contribution < -0.4 is 21.3 Å². The number of fused-ring (bicyclic) bond motifs is 1. The minimum absolute atomic E-state index is 0.0551. The molecule has 2 atom stereocenters. The van der Waals surface area contributed by atoms with Crippen molar-refractivity contribution in [1.82, 2.24) is 10.9 Å². The maximum atomic E-state index is 5.78. The molecule has 2 aliphatic rings. The van der Waals surface area contributed by atoms with Crippen molar-refractivity contribution in [3.05, 3.63) is 29.3 Å². The zero-order valence-corrected chi connectivity index (χ0v) is 8.49. The Kier molecular flexibility index (Phi) is 2.12. The molecule has 4 nitrogen and oxygen atoms in total. The molecule has 0 aromatic heterocycles. The minimum atomic E-state index is 0.0551. The van der Waals surface area contributed by atoms with Gasteiger partial charge in [0.15, 0.2) is 0 Å². The van der Waals surface area contributed by atoms with Crippen molar-refractivity contribution < 1.29 is 4.74 Å². The zero-order chi connectivity index (χ0) is 10.3. The Balaban J connectivity index is 1.87. The van der Waals surface area contributed by atoms with Crippen LogP contribution in [-0.4, -0.2) is 12.8 Å². The second-order valence-corrected chi connectivity index (χ2v) is 4.15. The van der Waals surface area contributed by atoms with Crippen molar-refractivity contribution in [2.45, 2.75) is 25.0 Å². The Bertz CT molecular complexity index is 380. The molecule has 2 heterocycles. The van der Waals surface area contributed by atoms with Gasteiger partial charge in [0.25, 0.3) is 0 Å². The van der Waals surface area contributed by atoms with Crippen LogP contribution in [0.25, 0.3) is 0 Å². The van der Waals surface area contributed by atoms with E-state index in [9.17, 15) is 0 Å². The number of nitrogens with one attached hydrogen (secondary N) is 2. The van der Waals surface area contributed by atoms with Crippen molar-refractivity contribution in [3.63, 3.8) is 0 Å². The van der Waals surface area contributed by atoms with E-state index < -0.39 is 0 Å². The largest absolute Gasteiger partial charge is 0.493 e. The predicted molar refractivity (Wildman–Crippen MR) is 57.2 cm³/mol.